The second-order valence-corrected chi connectivity index (χ2v) is 7.00. The zero-order valence-electron chi connectivity index (χ0n) is 13.7. The molecule has 0 unspecified atom stereocenters. The molecule has 0 atom stereocenters. The first-order valence-corrected chi connectivity index (χ1v) is 9.22. The fourth-order valence-corrected chi connectivity index (χ4v) is 3.84. The van der Waals surface area contributed by atoms with Gasteiger partial charge in [-0.3, -0.25) is 4.79 Å². The van der Waals surface area contributed by atoms with Crippen LogP contribution >= 0.6 is 11.3 Å². The minimum atomic E-state index is -0.127. The van der Waals surface area contributed by atoms with Gasteiger partial charge in [0, 0.05) is 31.0 Å². The molecule has 130 valence electrons. The van der Waals surface area contributed by atoms with E-state index < -0.39 is 0 Å². The second kappa shape index (κ2) is 6.85. The summed E-state index contributed by atoms with van der Waals surface area (Å²) in [7, 11) is 0. The molecule has 25 heavy (non-hydrogen) atoms. The Bertz CT molecular complexity index is 785. The van der Waals surface area contributed by atoms with Gasteiger partial charge in [-0.2, -0.15) is 0 Å². The zero-order chi connectivity index (χ0) is 17.2. The molecule has 1 aromatic heterocycles. The van der Waals surface area contributed by atoms with Crippen LogP contribution in [0.3, 0.4) is 0 Å². The van der Waals surface area contributed by atoms with Crippen molar-refractivity contribution in [3.63, 3.8) is 0 Å². The van der Waals surface area contributed by atoms with Gasteiger partial charge in [0.1, 0.15) is 0 Å². The van der Waals surface area contributed by atoms with Crippen molar-refractivity contribution in [1.29, 1.82) is 0 Å². The number of thiophene rings is 1. The molecule has 3 amide bonds. The first-order valence-electron chi connectivity index (χ1n) is 8.34. The fourth-order valence-electron chi connectivity index (χ4n) is 3.17. The van der Waals surface area contributed by atoms with Crippen molar-refractivity contribution in [3.05, 3.63) is 46.2 Å². The summed E-state index contributed by atoms with van der Waals surface area (Å²) in [5.74, 6) is 0.0189. The highest BCUT2D eigenvalue weighted by Gasteiger charge is 2.27. The number of morpholine rings is 1. The number of benzene rings is 1. The summed E-state index contributed by atoms with van der Waals surface area (Å²) in [6.07, 6.45) is 0.837. The van der Waals surface area contributed by atoms with Crippen molar-refractivity contribution in [2.75, 3.05) is 43.1 Å². The molecule has 6 nitrogen and oxygen atoms in total. The summed E-state index contributed by atoms with van der Waals surface area (Å²) in [4.78, 5) is 29.3. The number of rotatable bonds is 2. The molecular weight excluding hydrogens is 338 g/mol. The Hall–Kier alpha value is -2.38. The molecular formula is C18H19N3O3S. The van der Waals surface area contributed by atoms with Crippen molar-refractivity contribution < 1.29 is 14.3 Å². The number of ether oxygens (including phenoxy) is 1. The minimum Gasteiger partial charge on any atom is -0.378 e. The van der Waals surface area contributed by atoms with Gasteiger partial charge >= 0.3 is 6.03 Å². The van der Waals surface area contributed by atoms with Gasteiger partial charge in [0.05, 0.1) is 18.1 Å². The summed E-state index contributed by atoms with van der Waals surface area (Å²) in [6.45, 7) is 3.01. The normalized spacial score (nSPS) is 16.6. The van der Waals surface area contributed by atoms with Gasteiger partial charge in [0.15, 0.2) is 0 Å². The van der Waals surface area contributed by atoms with Gasteiger partial charge in [0.25, 0.3) is 5.91 Å². The van der Waals surface area contributed by atoms with Crippen LogP contribution < -0.4 is 10.2 Å². The molecule has 2 aliphatic rings. The molecule has 1 fully saturated rings. The minimum absolute atomic E-state index is 0.0189. The lowest BCUT2D eigenvalue weighted by Gasteiger charge is -2.27. The summed E-state index contributed by atoms with van der Waals surface area (Å²) in [5, 5.41) is 4.84. The van der Waals surface area contributed by atoms with Crippen molar-refractivity contribution in [2.24, 2.45) is 0 Å². The van der Waals surface area contributed by atoms with Crippen LogP contribution in [-0.4, -0.2) is 49.7 Å². The Morgan fingerprint density at radius 2 is 1.96 bits per heavy atom. The molecule has 1 saturated heterocycles. The Kier molecular flexibility index (Phi) is 4.42. The van der Waals surface area contributed by atoms with E-state index in [1.807, 2.05) is 35.7 Å². The van der Waals surface area contributed by atoms with Crippen molar-refractivity contribution >= 4 is 34.6 Å². The molecule has 0 aliphatic carbocycles. The molecule has 0 spiro atoms. The molecule has 1 aromatic carbocycles. The Morgan fingerprint density at radius 1 is 1.12 bits per heavy atom. The van der Waals surface area contributed by atoms with Crippen LogP contribution in [0.4, 0.5) is 16.2 Å². The largest absolute Gasteiger partial charge is 0.378 e. The highest BCUT2D eigenvalue weighted by atomic mass is 32.1. The van der Waals surface area contributed by atoms with E-state index >= 15 is 0 Å². The maximum Gasteiger partial charge on any atom is 0.322 e. The number of carbonyl (C=O) groups excluding carboxylic acids is 2. The van der Waals surface area contributed by atoms with Crippen LogP contribution in [0.25, 0.3) is 0 Å². The van der Waals surface area contributed by atoms with Crippen LogP contribution in [0.5, 0.6) is 0 Å². The molecule has 0 saturated carbocycles. The average Bonchev–Trinajstić information content (AvgIpc) is 3.31. The monoisotopic (exact) mass is 357 g/mol. The number of urea groups is 1. The third kappa shape index (κ3) is 3.25. The standard InChI is InChI=1S/C18H19N3O3S/c22-17(16-2-1-11-25-16)21-6-5-13-3-4-14(12-15(13)21)19-18(23)20-7-9-24-10-8-20/h1-4,11-12H,5-10H2,(H,19,23). The van der Waals surface area contributed by atoms with Gasteiger partial charge in [-0.15, -0.1) is 11.3 Å². The van der Waals surface area contributed by atoms with Crippen LogP contribution in [0.15, 0.2) is 35.7 Å². The van der Waals surface area contributed by atoms with E-state index in [2.05, 4.69) is 5.32 Å². The fraction of sp³-hybridized carbons (Fsp3) is 0.333. The lowest BCUT2D eigenvalue weighted by atomic mass is 10.1. The first kappa shape index (κ1) is 16.1. The maximum atomic E-state index is 12.7. The predicted octanol–water partition coefficient (Wildman–Crippen LogP) is 2.82. The smallest absolute Gasteiger partial charge is 0.322 e. The van der Waals surface area contributed by atoms with Crippen LogP contribution in [0.1, 0.15) is 15.2 Å². The van der Waals surface area contributed by atoms with Gasteiger partial charge in [-0.25, -0.2) is 4.79 Å². The number of fused-ring (bicyclic) bond motifs is 1. The highest BCUT2D eigenvalue weighted by molar-refractivity contribution is 7.12. The van der Waals surface area contributed by atoms with Crippen molar-refractivity contribution in [3.8, 4) is 0 Å². The van der Waals surface area contributed by atoms with Crippen molar-refractivity contribution in [2.45, 2.75) is 6.42 Å². The molecule has 2 aromatic rings. The lowest BCUT2D eigenvalue weighted by molar-refractivity contribution is 0.0564. The van der Waals surface area contributed by atoms with Crippen LogP contribution in [0.2, 0.25) is 0 Å². The number of nitrogens with one attached hydrogen (secondary N) is 1. The van der Waals surface area contributed by atoms with E-state index in [0.29, 0.717) is 38.5 Å². The zero-order valence-corrected chi connectivity index (χ0v) is 14.6. The van der Waals surface area contributed by atoms with Crippen molar-refractivity contribution in [1.82, 2.24) is 4.90 Å². The third-order valence-corrected chi connectivity index (χ3v) is 5.37. The van der Waals surface area contributed by atoms with Crippen LogP contribution in [0, 0.1) is 0 Å². The lowest BCUT2D eigenvalue weighted by Crippen LogP contribution is -2.43. The number of hydrogen-bond donors (Lipinski definition) is 1. The summed E-state index contributed by atoms with van der Waals surface area (Å²) >= 11 is 1.45. The molecule has 3 heterocycles. The molecule has 4 rings (SSSR count). The Morgan fingerprint density at radius 3 is 2.72 bits per heavy atom. The second-order valence-electron chi connectivity index (χ2n) is 6.06. The van der Waals surface area contributed by atoms with Gasteiger partial charge in [-0.1, -0.05) is 12.1 Å². The highest BCUT2D eigenvalue weighted by Crippen LogP contribution is 2.32. The topological polar surface area (TPSA) is 61.9 Å². The third-order valence-electron chi connectivity index (χ3n) is 4.51. The molecule has 7 heteroatoms. The molecule has 0 radical (unpaired) electrons. The predicted molar refractivity (Wildman–Crippen MR) is 97.6 cm³/mol. The molecule has 1 N–H and O–H groups in total. The Labute approximate surface area is 150 Å². The number of nitrogens with zero attached hydrogens (tertiary/aromatic N) is 2. The Balaban J connectivity index is 1.52. The summed E-state index contributed by atoms with van der Waals surface area (Å²) in [6, 6.07) is 9.38. The molecule has 2 aliphatic heterocycles. The van der Waals surface area contributed by atoms with E-state index in [-0.39, 0.29) is 11.9 Å². The number of hydrogen-bond acceptors (Lipinski definition) is 4. The average molecular weight is 357 g/mol. The quantitative estimate of drug-likeness (QED) is 0.899. The van der Waals surface area contributed by atoms with Gasteiger partial charge < -0.3 is 19.9 Å². The van der Waals surface area contributed by atoms with Gasteiger partial charge in [0.2, 0.25) is 0 Å². The number of amides is 3. The maximum absolute atomic E-state index is 12.7. The van der Waals surface area contributed by atoms with Crippen LogP contribution in [-0.2, 0) is 11.2 Å². The van der Waals surface area contributed by atoms with E-state index in [9.17, 15) is 9.59 Å². The van der Waals surface area contributed by atoms with E-state index in [1.54, 1.807) is 9.80 Å². The van der Waals surface area contributed by atoms with E-state index in [1.165, 1.54) is 11.3 Å². The summed E-state index contributed by atoms with van der Waals surface area (Å²) in [5.41, 5.74) is 2.73. The molecule has 0 bridgehead atoms. The van der Waals surface area contributed by atoms with Gasteiger partial charge in [-0.05, 0) is 35.6 Å². The van der Waals surface area contributed by atoms with E-state index in [0.717, 1.165) is 22.5 Å². The first-order chi connectivity index (χ1) is 12.2. The van der Waals surface area contributed by atoms with E-state index in [4.69, 9.17) is 4.74 Å². The summed E-state index contributed by atoms with van der Waals surface area (Å²) < 4.78 is 5.27. The number of anilines is 2. The number of carbonyl (C=O) groups is 2. The SMILES string of the molecule is O=C(Nc1ccc2c(c1)N(C(=O)c1cccs1)CC2)N1CCOCC1.